The molecule has 0 aliphatic heterocycles. The van der Waals surface area contributed by atoms with Crippen molar-refractivity contribution in [3.05, 3.63) is 29.3 Å². The van der Waals surface area contributed by atoms with E-state index in [4.69, 9.17) is 5.26 Å². The molecular formula is C9H7N5O2S2. The highest BCUT2D eigenvalue weighted by molar-refractivity contribution is 7.93. The molecule has 0 amide bonds. The summed E-state index contributed by atoms with van der Waals surface area (Å²) in [6, 6.07) is 6.22. The Labute approximate surface area is 107 Å². The van der Waals surface area contributed by atoms with Crippen LogP contribution in [0.3, 0.4) is 0 Å². The molecule has 0 fully saturated rings. The van der Waals surface area contributed by atoms with Gasteiger partial charge in [-0.2, -0.15) is 5.26 Å². The second kappa shape index (κ2) is 4.67. The average Bonchev–Trinajstić information content (AvgIpc) is 2.81. The summed E-state index contributed by atoms with van der Waals surface area (Å²) < 4.78 is 29.6. The first-order valence-electron chi connectivity index (χ1n) is 4.71. The van der Waals surface area contributed by atoms with E-state index in [1.807, 2.05) is 6.07 Å². The van der Waals surface area contributed by atoms with Crippen LogP contribution in [0.5, 0.6) is 0 Å². The van der Waals surface area contributed by atoms with Crippen LogP contribution in [-0.2, 0) is 10.0 Å². The zero-order valence-corrected chi connectivity index (χ0v) is 10.8. The van der Waals surface area contributed by atoms with Gasteiger partial charge >= 0.3 is 0 Å². The number of nitriles is 1. The molecule has 7 nitrogen and oxygen atoms in total. The number of nitrogens with one attached hydrogen (secondary N) is 1. The molecular weight excluding hydrogens is 274 g/mol. The second-order valence-electron chi connectivity index (χ2n) is 3.36. The molecule has 1 heterocycles. The molecule has 9 heteroatoms. The van der Waals surface area contributed by atoms with Crippen LogP contribution in [0.4, 0.5) is 5.13 Å². The van der Waals surface area contributed by atoms with E-state index in [1.54, 1.807) is 6.92 Å². The fraction of sp³-hybridized carbons (Fsp3) is 0.111. The number of benzene rings is 1. The van der Waals surface area contributed by atoms with Crippen molar-refractivity contribution in [1.82, 2.24) is 14.8 Å². The standard InChI is InChI=1S/C9H7N5O2S2/c1-6-4-8(3-2-7(6)5-10)18(15,16)12-9-11-13-14-17-9/h2-4H,1H3,(H,11,12,14). The molecule has 0 unspecified atom stereocenters. The van der Waals surface area contributed by atoms with E-state index in [0.29, 0.717) is 11.1 Å². The summed E-state index contributed by atoms with van der Waals surface area (Å²) in [5, 5.41) is 15.7. The van der Waals surface area contributed by atoms with E-state index in [-0.39, 0.29) is 10.0 Å². The Morgan fingerprint density at radius 3 is 2.78 bits per heavy atom. The zero-order valence-electron chi connectivity index (χ0n) is 9.15. The molecule has 0 aliphatic carbocycles. The second-order valence-corrected chi connectivity index (χ2v) is 5.78. The van der Waals surface area contributed by atoms with Crippen LogP contribution in [0.2, 0.25) is 0 Å². The van der Waals surface area contributed by atoms with Crippen molar-refractivity contribution < 1.29 is 8.42 Å². The normalized spacial score (nSPS) is 10.9. The summed E-state index contributed by atoms with van der Waals surface area (Å²) in [5.74, 6) is 0. The Kier molecular flexibility index (Phi) is 3.22. The lowest BCUT2D eigenvalue weighted by molar-refractivity contribution is 0.601. The third-order valence-corrected chi connectivity index (χ3v) is 4.13. The largest absolute Gasteiger partial charge is 0.263 e. The quantitative estimate of drug-likeness (QED) is 0.895. The Hall–Kier alpha value is -2.05. The molecule has 0 saturated heterocycles. The predicted octanol–water partition coefficient (Wildman–Crippen LogP) is 0.914. The van der Waals surface area contributed by atoms with Gasteiger partial charge < -0.3 is 0 Å². The number of aryl methyl sites for hydroxylation is 1. The van der Waals surface area contributed by atoms with Crippen molar-refractivity contribution in [2.24, 2.45) is 0 Å². The van der Waals surface area contributed by atoms with Crippen LogP contribution in [0.1, 0.15) is 11.1 Å². The number of rotatable bonds is 3. The first kappa shape index (κ1) is 12.4. The molecule has 0 radical (unpaired) electrons. The molecule has 1 aromatic heterocycles. The fourth-order valence-electron chi connectivity index (χ4n) is 1.28. The maximum absolute atomic E-state index is 12.0. The van der Waals surface area contributed by atoms with E-state index in [9.17, 15) is 8.42 Å². The van der Waals surface area contributed by atoms with Crippen molar-refractivity contribution in [2.75, 3.05) is 4.72 Å². The van der Waals surface area contributed by atoms with Crippen molar-refractivity contribution in [2.45, 2.75) is 11.8 Å². The molecule has 92 valence electrons. The summed E-state index contributed by atoms with van der Waals surface area (Å²) in [6.45, 7) is 1.67. The van der Waals surface area contributed by atoms with Crippen molar-refractivity contribution in [3.8, 4) is 6.07 Å². The molecule has 0 atom stereocenters. The summed E-state index contributed by atoms with van der Waals surface area (Å²) in [5.41, 5.74) is 1.03. The molecule has 0 aliphatic rings. The third-order valence-electron chi connectivity index (χ3n) is 2.15. The number of sulfonamides is 1. The van der Waals surface area contributed by atoms with Gasteiger partial charge in [0, 0.05) is 11.5 Å². The van der Waals surface area contributed by atoms with Gasteiger partial charge in [0.15, 0.2) is 0 Å². The number of hydrogen-bond acceptors (Lipinski definition) is 7. The summed E-state index contributed by atoms with van der Waals surface area (Å²) in [4.78, 5) is 0.0641. The summed E-state index contributed by atoms with van der Waals surface area (Å²) >= 11 is 0.841. The van der Waals surface area contributed by atoms with E-state index in [2.05, 4.69) is 19.5 Å². The number of anilines is 1. The maximum Gasteiger partial charge on any atom is 0.263 e. The monoisotopic (exact) mass is 281 g/mol. The fourth-order valence-corrected chi connectivity index (χ4v) is 2.95. The molecule has 0 bridgehead atoms. The van der Waals surface area contributed by atoms with Crippen molar-refractivity contribution >= 4 is 26.7 Å². The lowest BCUT2D eigenvalue weighted by atomic mass is 10.1. The van der Waals surface area contributed by atoms with Crippen LogP contribution in [0.25, 0.3) is 0 Å². The lowest BCUT2D eigenvalue weighted by Crippen LogP contribution is -2.13. The topological polar surface area (TPSA) is 109 Å². The highest BCUT2D eigenvalue weighted by Gasteiger charge is 2.17. The van der Waals surface area contributed by atoms with Gasteiger partial charge in [0.1, 0.15) is 0 Å². The van der Waals surface area contributed by atoms with Gasteiger partial charge in [-0.15, -0.1) is 0 Å². The van der Waals surface area contributed by atoms with Gasteiger partial charge in [-0.25, -0.2) is 8.42 Å². The van der Waals surface area contributed by atoms with E-state index >= 15 is 0 Å². The average molecular weight is 281 g/mol. The number of hydrogen-bond donors (Lipinski definition) is 1. The molecule has 2 rings (SSSR count). The van der Waals surface area contributed by atoms with Crippen LogP contribution in [0.15, 0.2) is 23.1 Å². The highest BCUT2D eigenvalue weighted by Crippen LogP contribution is 2.18. The van der Waals surface area contributed by atoms with Crippen molar-refractivity contribution in [3.63, 3.8) is 0 Å². The Balaban J connectivity index is 2.36. The highest BCUT2D eigenvalue weighted by atomic mass is 32.2. The maximum atomic E-state index is 12.0. The number of aromatic nitrogens is 3. The minimum Gasteiger partial charge on any atom is -0.252 e. The van der Waals surface area contributed by atoms with Gasteiger partial charge in [0.25, 0.3) is 10.0 Å². The first-order chi connectivity index (χ1) is 8.53. The van der Waals surface area contributed by atoms with Crippen LogP contribution >= 0.6 is 11.5 Å². The van der Waals surface area contributed by atoms with Gasteiger partial charge in [-0.1, -0.05) is 9.59 Å². The SMILES string of the molecule is Cc1cc(S(=O)(=O)Nc2nnns2)ccc1C#N. The Morgan fingerprint density at radius 2 is 2.22 bits per heavy atom. The van der Waals surface area contributed by atoms with Gasteiger partial charge in [-0.05, 0) is 35.9 Å². The smallest absolute Gasteiger partial charge is 0.252 e. The Morgan fingerprint density at radius 1 is 1.44 bits per heavy atom. The van der Waals surface area contributed by atoms with E-state index in [0.717, 1.165) is 11.5 Å². The molecule has 18 heavy (non-hydrogen) atoms. The minimum absolute atomic E-state index is 0.0641. The summed E-state index contributed by atoms with van der Waals surface area (Å²) in [6.07, 6.45) is 0. The van der Waals surface area contributed by atoms with E-state index < -0.39 is 10.0 Å². The van der Waals surface area contributed by atoms with Crippen LogP contribution in [0, 0.1) is 18.3 Å². The third kappa shape index (κ3) is 2.44. The predicted molar refractivity (Wildman–Crippen MR) is 64.4 cm³/mol. The molecule has 0 saturated carbocycles. The Bertz CT molecular complexity index is 703. The van der Waals surface area contributed by atoms with Gasteiger partial charge in [-0.3, -0.25) is 4.72 Å². The van der Waals surface area contributed by atoms with E-state index in [1.165, 1.54) is 18.2 Å². The molecule has 2 aromatic rings. The molecule has 1 aromatic carbocycles. The van der Waals surface area contributed by atoms with Crippen LogP contribution < -0.4 is 4.72 Å². The molecule has 0 spiro atoms. The van der Waals surface area contributed by atoms with Crippen molar-refractivity contribution in [1.29, 1.82) is 5.26 Å². The lowest BCUT2D eigenvalue weighted by Gasteiger charge is -2.05. The minimum atomic E-state index is -3.72. The summed E-state index contributed by atoms with van der Waals surface area (Å²) in [7, 11) is -3.72. The van der Waals surface area contributed by atoms with Gasteiger partial charge in [0.2, 0.25) is 5.13 Å². The van der Waals surface area contributed by atoms with Crippen LogP contribution in [-0.4, -0.2) is 23.2 Å². The first-order valence-corrected chi connectivity index (χ1v) is 6.97. The molecule has 1 N–H and O–H groups in total. The van der Waals surface area contributed by atoms with Gasteiger partial charge in [0.05, 0.1) is 16.5 Å². The zero-order chi connectivity index (χ0) is 13.2. The number of nitrogens with zero attached hydrogens (tertiary/aromatic N) is 4.